The fraction of sp³-hybridized carbons (Fsp3) is 0.929. The van der Waals surface area contributed by atoms with E-state index in [1.54, 1.807) is 0 Å². The molecule has 1 rings (SSSR count). The average molecular weight is 256 g/mol. The van der Waals surface area contributed by atoms with Crippen molar-refractivity contribution in [2.45, 2.75) is 64.7 Å². The number of likely N-dealkylation sites (N-methyl/N-ethyl adjacent to an activating group) is 1. The van der Waals surface area contributed by atoms with E-state index < -0.39 is 0 Å². The molecule has 0 spiro atoms. The van der Waals surface area contributed by atoms with Crippen LogP contribution in [0.25, 0.3) is 0 Å². The van der Waals surface area contributed by atoms with Crippen molar-refractivity contribution in [2.75, 3.05) is 20.1 Å². The van der Waals surface area contributed by atoms with E-state index in [0.29, 0.717) is 6.04 Å². The standard InChI is InChI=1S/C14H28N2O2/c1-5-16(6-2)14(17)11(3)18-13-9-7-12(15-4)8-10-13/h11-13,15H,5-10H2,1-4H3. The van der Waals surface area contributed by atoms with Crippen LogP contribution < -0.4 is 5.32 Å². The van der Waals surface area contributed by atoms with Crippen molar-refractivity contribution in [1.29, 1.82) is 0 Å². The Morgan fingerprint density at radius 1 is 1.28 bits per heavy atom. The van der Waals surface area contributed by atoms with E-state index >= 15 is 0 Å². The Morgan fingerprint density at radius 3 is 2.28 bits per heavy atom. The quantitative estimate of drug-likeness (QED) is 0.788. The molecule has 4 heteroatoms. The summed E-state index contributed by atoms with van der Waals surface area (Å²) in [6.45, 7) is 7.41. The van der Waals surface area contributed by atoms with Gasteiger partial charge in [0, 0.05) is 19.1 Å². The fourth-order valence-electron chi connectivity index (χ4n) is 2.63. The molecule has 1 atom stereocenters. The Hall–Kier alpha value is -0.610. The van der Waals surface area contributed by atoms with Crippen molar-refractivity contribution in [2.24, 2.45) is 0 Å². The molecule has 0 radical (unpaired) electrons. The largest absolute Gasteiger partial charge is 0.365 e. The van der Waals surface area contributed by atoms with Gasteiger partial charge in [0.1, 0.15) is 6.10 Å². The zero-order valence-corrected chi connectivity index (χ0v) is 12.2. The van der Waals surface area contributed by atoms with Crippen LogP contribution in [0.2, 0.25) is 0 Å². The van der Waals surface area contributed by atoms with Gasteiger partial charge in [-0.2, -0.15) is 0 Å². The van der Waals surface area contributed by atoms with Gasteiger partial charge in [-0.1, -0.05) is 0 Å². The molecule has 106 valence electrons. The topological polar surface area (TPSA) is 41.6 Å². The summed E-state index contributed by atoms with van der Waals surface area (Å²) in [5, 5.41) is 3.31. The molecule has 1 aliphatic carbocycles. The van der Waals surface area contributed by atoms with Crippen molar-refractivity contribution in [3.8, 4) is 0 Å². The Morgan fingerprint density at radius 2 is 1.83 bits per heavy atom. The summed E-state index contributed by atoms with van der Waals surface area (Å²) in [5.41, 5.74) is 0. The van der Waals surface area contributed by atoms with Crippen LogP contribution in [-0.4, -0.2) is 49.2 Å². The Labute approximate surface area is 111 Å². The second-order valence-electron chi connectivity index (χ2n) is 5.05. The van der Waals surface area contributed by atoms with Crippen molar-refractivity contribution in [1.82, 2.24) is 10.2 Å². The number of hydrogen-bond acceptors (Lipinski definition) is 3. The van der Waals surface area contributed by atoms with Gasteiger partial charge in [0.05, 0.1) is 6.10 Å². The zero-order chi connectivity index (χ0) is 13.5. The first-order chi connectivity index (χ1) is 8.62. The summed E-state index contributed by atoms with van der Waals surface area (Å²) < 4.78 is 5.91. The number of carbonyl (C=O) groups is 1. The molecule has 0 saturated heterocycles. The molecule has 0 aliphatic heterocycles. The summed E-state index contributed by atoms with van der Waals surface area (Å²) in [7, 11) is 2.01. The van der Waals surface area contributed by atoms with Crippen molar-refractivity contribution >= 4 is 5.91 Å². The smallest absolute Gasteiger partial charge is 0.251 e. The van der Waals surface area contributed by atoms with Gasteiger partial charge in [0.2, 0.25) is 0 Å². The minimum Gasteiger partial charge on any atom is -0.365 e. The van der Waals surface area contributed by atoms with Gasteiger partial charge in [-0.05, 0) is 53.5 Å². The minimum absolute atomic E-state index is 0.121. The Bertz CT molecular complexity index is 246. The molecule has 0 aromatic heterocycles. The van der Waals surface area contributed by atoms with Crippen LogP contribution in [0, 0.1) is 0 Å². The van der Waals surface area contributed by atoms with E-state index in [4.69, 9.17) is 4.74 Å². The third-order valence-corrected chi connectivity index (χ3v) is 3.90. The number of hydrogen-bond donors (Lipinski definition) is 1. The highest BCUT2D eigenvalue weighted by atomic mass is 16.5. The first-order valence-electron chi connectivity index (χ1n) is 7.23. The first-order valence-corrected chi connectivity index (χ1v) is 7.23. The number of nitrogens with zero attached hydrogens (tertiary/aromatic N) is 1. The highest BCUT2D eigenvalue weighted by molar-refractivity contribution is 5.80. The van der Waals surface area contributed by atoms with Crippen molar-refractivity contribution in [3.05, 3.63) is 0 Å². The van der Waals surface area contributed by atoms with Crippen molar-refractivity contribution in [3.63, 3.8) is 0 Å². The van der Waals surface area contributed by atoms with Crippen molar-refractivity contribution < 1.29 is 9.53 Å². The zero-order valence-electron chi connectivity index (χ0n) is 12.2. The SMILES string of the molecule is CCN(CC)C(=O)C(C)OC1CCC(NC)CC1. The third kappa shape index (κ3) is 4.25. The Kier molecular flexibility index (Phi) is 6.65. The monoisotopic (exact) mass is 256 g/mol. The molecule has 0 aromatic carbocycles. The summed E-state index contributed by atoms with van der Waals surface area (Å²) in [6, 6.07) is 0.624. The molecule has 4 nitrogen and oxygen atoms in total. The summed E-state index contributed by atoms with van der Waals surface area (Å²) in [6.07, 6.45) is 4.36. The van der Waals surface area contributed by atoms with Gasteiger partial charge >= 0.3 is 0 Å². The van der Waals surface area contributed by atoms with Gasteiger partial charge in [0.15, 0.2) is 0 Å². The molecule has 18 heavy (non-hydrogen) atoms. The predicted molar refractivity (Wildman–Crippen MR) is 73.6 cm³/mol. The number of rotatable bonds is 6. The van der Waals surface area contributed by atoms with E-state index in [1.807, 2.05) is 32.7 Å². The van der Waals surface area contributed by atoms with E-state index in [9.17, 15) is 4.79 Å². The van der Waals surface area contributed by atoms with Gasteiger partial charge in [-0.15, -0.1) is 0 Å². The molecule has 1 unspecified atom stereocenters. The summed E-state index contributed by atoms with van der Waals surface area (Å²) in [4.78, 5) is 13.9. The van der Waals surface area contributed by atoms with Crippen LogP contribution in [0.5, 0.6) is 0 Å². The van der Waals surface area contributed by atoms with Crippen LogP contribution >= 0.6 is 0 Å². The number of carbonyl (C=O) groups excluding carboxylic acids is 1. The molecule has 0 heterocycles. The summed E-state index contributed by atoms with van der Waals surface area (Å²) in [5.74, 6) is 0.121. The molecule has 1 aliphatic rings. The Balaban J connectivity index is 2.36. The lowest BCUT2D eigenvalue weighted by molar-refractivity contribution is -0.147. The number of ether oxygens (including phenoxy) is 1. The first kappa shape index (κ1) is 15.4. The maximum Gasteiger partial charge on any atom is 0.251 e. The van der Waals surface area contributed by atoms with Gasteiger partial charge in [-0.25, -0.2) is 0 Å². The second-order valence-corrected chi connectivity index (χ2v) is 5.05. The molecule has 0 aromatic rings. The van der Waals surface area contributed by atoms with Crippen LogP contribution in [-0.2, 0) is 9.53 Å². The lowest BCUT2D eigenvalue weighted by Crippen LogP contribution is -2.41. The molecule has 1 N–H and O–H groups in total. The van der Waals surface area contributed by atoms with Gasteiger partial charge in [-0.3, -0.25) is 4.79 Å². The van der Waals surface area contributed by atoms with E-state index in [2.05, 4.69) is 5.32 Å². The normalized spacial score (nSPS) is 25.8. The molecule has 1 amide bonds. The van der Waals surface area contributed by atoms with Gasteiger partial charge < -0.3 is 15.0 Å². The van der Waals surface area contributed by atoms with Crippen LogP contribution in [0.15, 0.2) is 0 Å². The lowest BCUT2D eigenvalue weighted by atomic mass is 9.93. The minimum atomic E-state index is -0.305. The maximum absolute atomic E-state index is 12.1. The predicted octanol–water partition coefficient (Wildman–Crippen LogP) is 1.79. The summed E-state index contributed by atoms with van der Waals surface area (Å²) >= 11 is 0. The van der Waals surface area contributed by atoms with E-state index in [0.717, 1.165) is 38.8 Å². The second kappa shape index (κ2) is 7.74. The third-order valence-electron chi connectivity index (χ3n) is 3.90. The molecule has 1 fully saturated rings. The average Bonchev–Trinajstić information content (AvgIpc) is 2.40. The van der Waals surface area contributed by atoms with Crippen LogP contribution in [0.3, 0.4) is 0 Å². The number of nitrogens with one attached hydrogen (secondary N) is 1. The van der Waals surface area contributed by atoms with Crippen LogP contribution in [0.1, 0.15) is 46.5 Å². The highest BCUT2D eigenvalue weighted by Gasteiger charge is 2.26. The molecular weight excluding hydrogens is 228 g/mol. The van der Waals surface area contributed by atoms with Gasteiger partial charge in [0.25, 0.3) is 5.91 Å². The molecular formula is C14H28N2O2. The van der Waals surface area contributed by atoms with E-state index in [-0.39, 0.29) is 18.1 Å². The maximum atomic E-state index is 12.1. The fourth-order valence-corrected chi connectivity index (χ4v) is 2.63. The molecule has 1 saturated carbocycles. The highest BCUT2D eigenvalue weighted by Crippen LogP contribution is 2.22. The van der Waals surface area contributed by atoms with Crippen LogP contribution in [0.4, 0.5) is 0 Å². The van der Waals surface area contributed by atoms with E-state index in [1.165, 1.54) is 0 Å². The molecule has 0 bridgehead atoms. The number of amides is 1. The lowest BCUT2D eigenvalue weighted by Gasteiger charge is -2.31.